The number of benzene rings is 10. The first-order chi connectivity index (χ1) is 34.2. The third-order valence-electron chi connectivity index (χ3n) is 12.6. The lowest BCUT2D eigenvalue weighted by molar-refractivity contribution is 1.28. The molecule has 2 aromatic heterocycles. The summed E-state index contributed by atoms with van der Waals surface area (Å²) < 4.78 is 0. The highest BCUT2D eigenvalue weighted by Gasteiger charge is 2.19. The van der Waals surface area contributed by atoms with Crippen LogP contribution in [-0.4, -0.2) is 19.9 Å². The molecule has 0 aliphatic carbocycles. The van der Waals surface area contributed by atoms with Crippen molar-refractivity contribution < 1.29 is 0 Å². The van der Waals surface area contributed by atoms with Gasteiger partial charge in [-0.2, -0.15) is 0 Å². The maximum atomic E-state index is 5.22. The van der Waals surface area contributed by atoms with Gasteiger partial charge >= 0.3 is 0 Å². The molecule has 0 radical (unpaired) electrons. The van der Waals surface area contributed by atoms with Crippen LogP contribution in [-0.2, 0) is 0 Å². The third kappa shape index (κ3) is 8.30. The number of anilines is 3. The van der Waals surface area contributed by atoms with Crippen molar-refractivity contribution in [3.8, 4) is 78.4 Å². The Morgan fingerprint density at radius 3 is 0.884 bits per heavy atom. The van der Waals surface area contributed by atoms with Crippen LogP contribution in [0.3, 0.4) is 0 Å². The standard InChI is InChI=1S/C64H43N5/c1-4-18-44(19-5-1)45-36-38-54(39-37-45)69(55-30-16-26-50(42-55)48-24-14-28-52(40-48)63-61(46-20-6-2-7-21-46)65-57-32-10-12-34-59(57)67-63)56-31-17-27-51(43-56)49-25-15-29-53(41-49)64-62(47-22-8-3-9-23-47)66-58-33-11-13-35-60(58)68-64/h1-43H. The molecule has 12 aromatic rings. The number of nitrogens with zero attached hydrogens (tertiary/aromatic N) is 5. The fraction of sp³-hybridized carbons (Fsp3) is 0. The number of hydrogen-bond acceptors (Lipinski definition) is 5. The second-order valence-corrected chi connectivity index (χ2v) is 17.1. The molecule has 5 heteroatoms. The highest BCUT2D eigenvalue weighted by atomic mass is 15.1. The Bertz CT molecular complexity index is 3570. The molecule has 0 saturated heterocycles. The van der Waals surface area contributed by atoms with E-state index in [0.29, 0.717) is 0 Å². The molecule has 0 atom stereocenters. The van der Waals surface area contributed by atoms with E-state index in [4.69, 9.17) is 19.9 Å². The number of hydrogen-bond donors (Lipinski definition) is 0. The van der Waals surface area contributed by atoms with Crippen molar-refractivity contribution in [2.75, 3.05) is 4.90 Å². The van der Waals surface area contributed by atoms with Gasteiger partial charge in [-0.1, -0.05) is 188 Å². The van der Waals surface area contributed by atoms with Crippen molar-refractivity contribution in [1.29, 1.82) is 0 Å². The van der Waals surface area contributed by atoms with E-state index in [-0.39, 0.29) is 0 Å². The lowest BCUT2D eigenvalue weighted by atomic mass is 9.97. The third-order valence-corrected chi connectivity index (χ3v) is 12.6. The molecule has 0 fully saturated rings. The van der Waals surface area contributed by atoms with Gasteiger partial charge in [-0.25, -0.2) is 19.9 Å². The van der Waals surface area contributed by atoms with E-state index in [2.05, 4.69) is 205 Å². The zero-order valence-electron chi connectivity index (χ0n) is 37.6. The minimum Gasteiger partial charge on any atom is -0.310 e. The fourth-order valence-corrected chi connectivity index (χ4v) is 9.22. The van der Waals surface area contributed by atoms with Gasteiger partial charge in [0.05, 0.1) is 44.8 Å². The van der Waals surface area contributed by atoms with Gasteiger partial charge in [-0.15, -0.1) is 0 Å². The van der Waals surface area contributed by atoms with Gasteiger partial charge in [-0.05, 0) is 106 Å². The van der Waals surface area contributed by atoms with Gasteiger partial charge < -0.3 is 4.90 Å². The summed E-state index contributed by atoms with van der Waals surface area (Å²) in [5, 5.41) is 0. The molecule has 2 heterocycles. The fourth-order valence-electron chi connectivity index (χ4n) is 9.22. The van der Waals surface area contributed by atoms with Crippen LogP contribution in [0.4, 0.5) is 17.1 Å². The SMILES string of the molecule is c1ccc(-c2ccc(N(c3cccc(-c4cccc(-c5nc6ccccc6nc5-c5ccccc5)c4)c3)c3cccc(-c4cccc(-c5nc6ccccc6nc5-c5ccccc5)c4)c3)cc2)cc1. The van der Waals surface area contributed by atoms with Crippen molar-refractivity contribution in [2.45, 2.75) is 0 Å². The van der Waals surface area contributed by atoms with Gasteiger partial charge in [0.2, 0.25) is 0 Å². The van der Waals surface area contributed by atoms with Gasteiger partial charge in [-0.3, -0.25) is 0 Å². The molecule has 5 nitrogen and oxygen atoms in total. The largest absolute Gasteiger partial charge is 0.310 e. The Kier molecular flexibility index (Phi) is 10.8. The summed E-state index contributed by atoms with van der Waals surface area (Å²) in [7, 11) is 0. The minimum absolute atomic E-state index is 0.850. The van der Waals surface area contributed by atoms with Crippen molar-refractivity contribution in [3.63, 3.8) is 0 Å². The van der Waals surface area contributed by atoms with Crippen LogP contribution in [0.2, 0.25) is 0 Å². The molecule has 10 aromatic carbocycles. The first-order valence-corrected chi connectivity index (χ1v) is 23.2. The molecular weight excluding hydrogens is 839 g/mol. The Morgan fingerprint density at radius 2 is 0.478 bits per heavy atom. The summed E-state index contributed by atoms with van der Waals surface area (Å²) in [6.07, 6.45) is 0. The summed E-state index contributed by atoms with van der Waals surface area (Å²) in [5.41, 5.74) is 20.7. The molecule has 69 heavy (non-hydrogen) atoms. The highest BCUT2D eigenvalue weighted by Crippen LogP contribution is 2.41. The molecule has 0 aliphatic rings. The lowest BCUT2D eigenvalue weighted by Gasteiger charge is -2.27. The summed E-state index contributed by atoms with van der Waals surface area (Å²) >= 11 is 0. The van der Waals surface area contributed by atoms with Crippen LogP contribution in [0.1, 0.15) is 0 Å². The van der Waals surface area contributed by atoms with E-state index in [1.54, 1.807) is 0 Å². The first kappa shape index (κ1) is 41.1. The van der Waals surface area contributed by atoms with Gasteiger partial charge in [0.25, 0.3) is 0 Å². The molecule has 0 unspecified atom stereocenters. The quantitative estimate of drug-likeness (QED) is 0.137. The maximum absolute atomic E-state index is 5.22. The Balaban J connectivity index is 0.955. The number of para-hydroxylation sites is 4. The predicted octanol–water partition coefficient (Wildman–Crippen LogP) is 16.7. The van der Waals surface area contributed by atoms with Crippen molar-refractivity contribution in [1.82, 2.24) is 19.9 Å². The van der Waals surface area contributed by atoms with E-state index in [1.807, 2.05) is 60.7 Å². The van der Waals surface area contributed by atoms with E-state index in [9.17, 15) is 0 Å². The average molecular weight is 882 g/mol. The smallest absolute Gasteiger partial charge is 0.0973 e. The summed E-state index contributed by atoms with van der Waals surface area (Å²) in [6, 6.07) is 91.2. The topological polar surface area (TPSA) is 54.8 Å². The zero-order chi connectivity index (χ0) is 45.9. The first-order valence-electron chi connectivity index (χ1n) is 23.2. The van der Waals surface area contributed by atoms with Gasteiger partial charge in [0.15, 0.2) is 0 Å². The van der Waals surface area contributed by atoms with E-state index >= 15 is 0 Å². The number of aromatic nitrogens is 4. The van der Waals surface area contributed by atoms with Crippen LogP contribution < -0.4 is 4.90 Å². The van der Waals surface area contributed by atoms with Crippen LogP contribution in [0.15, 0.2) is 261 Å². The molecule has 0 saturated carbocycles. The van der Waals surface area contributed by atoms with Crippen LogP contribution in [0.25, 0.3) is 100 Å². The molecule has 0 aliphatic heterocycles. The molecule has 0 bridgehead atoms. The molecule has 0 N–H and O–H groups in total. The zero-order valence-corrected chi connectivity index (χ0v) is 37.6. The Labute approximate surface area is 401 Å². The van der Waals surface area contributed by atoms with Crippen LogP contribution in [0, 0.1) is 0 Å². The molecule has 0 amide bonds. The van der Waals surface area contributed by atoms with Crippen molar-refractivity contribution >= 4 is 39.1 Å². The van der Waals surface area contributed by atoms with E-state index in [0.717, 1.165) is 112 Å². The molecule has 0 spiro atoms. The maximum Gasteiger partial charge on any atom is 0.0973 e. The van der Waals surface area contributed by atoms with Gasteiger partial charge in [0.1, 0.15) is 0 Å². The number of fused-ring (bicyclic) bond motifs is 2. The summed E-state index contributed by atoms with van der Waals surface area (Å²) in [5.74, 6) is 0. The second kappa shape index (κ2) is 18.2. The number of rotatable bonds is 10. The Hall–Kier alpha value is -9.32. The summed E-state index contributed by atoms with van der Waals surface area (Å²) in [4.78, 5) is 23.1. The van der Waals surface area contributed by atoms with Gasteiger partial charge in [0, 0.05) is 39.3 Å². The molecule has 12 rings (SSSR count). The van der Waals surface area contributed by atoms with Crippen LogP contribution in [0.5, 0.6) is 0 Å². The monoisotopic (exact) mass is 881 g/mol. The van der Waals surface area contributed by atoms with Crippen LogP contribution >= 0.6 is 0 Å². The average Bonchev–Trinajstić information content (AvgIpc) is 3.43. The van der Waals surface area contributed by atoms with E-state index < -0.39 is 0 Å². The normalized spacial score (nSPS) is 11.2. The summed E-state index contributed by atoms with van der Waals surface area (Å²) in [6.45, 7) is 0. The lowest BCUT2D eigenvalue weighted by Crippen LogP contribution is -2.10. The highest BCUT2D eigenvalue weighted by molar-refractivity contribution is 5.90. The van der Waals surface area contributed by atoms with E-state index in [1.165, 1.54) is 5.56 Å². The Morgan fingerprint density at radius 1 is 0.188 bits per heavy atom. The molecular formula is C64H43N5. The molecule has 324 valence electrons. The van der Waals surface area contributed by atoms with Crippen molar-refractivity contribution in [3.05, 3.63) is 261 Å². The van der Waals surface area contributed by atoms with Crippen molar-refractivity contribution in [2.24, 2.45) is 0 Å². The second-order valence-electron chi connectivity index (χ2n) is 17.1. The predicted molar refractivity (Wildman–Crippen MR) is 285 cm³/mol. The minimum atomic E-state index is 0.850.